The summed E-state index contributed by atoms with van der Waals surface area (Å²) in [7, 11) is 1.74. The molecule has 0 aliphatic heterocycles. The van der Waals surface area contributed by atoms with E-state index in [-0.39, 0.29) is 17.6 Å². The first-order valence-electron chi connectivity index (χ1n) is 7.46. The van der Waals surface area contributed by atoms with Crippen LogP contribution in [0.5, 0.6) is 0 Å². The molecule has 0 bridgehead atoms. The Balaban J connectivity index is 2.46. The highest BCUT2D eigenvalue weighted by Crippen LogP contribution is 2.22. The number of nitrogens with zero attached hydrogens (tertiary/aromatic N) is 1. The third kappa shape index (κ3) is 6.17. The van der Waals surface area contributed by atoms with Crippen LogP contribution in [0.1, 0.15) is 45.2 Å². The van der Waals surface area contributed by atoms with E-state index in [2.05, 4.69) is 50.4 Å². The first-order chi connectivity index (χ1) is 9.70. The monoisotopic (exact) mass is 292 g/mol. The zero-order chi connectivity index (χ0) is 16.0. The molecule has 0 aliphatic rings. The standard InChI is InChI=1S/C17H28N2O2/c1-13(20)10-11-19(5)16(21)18-12-14-6-8-15(9-7-14)17(2,3)4/h6-9,13,20H,10-12H2,1-5H3,(H,18,21). The summed E-state index contributed by atoms with van der Waals surface area (Å²) in [6.07, 6.45) is 0.203. The Morgan fingerprint density at radius 3 is 2.33 bits per heavy atom. The smallest absolute Gasteiger partial charge is 0.317 e. The number of rotatable bonds is 5. The molecule has 1 aromatic carbocycles. The van der Waals surface area contributed by atoms with Gasteiger partial charge in [-0.15, -0.1) is 0 Å². The van der Waals surface area contributed by atoms with Gasteiger partial charge in [0.15, 0.2) is 0 Å². The Bertz CT molecular complexity index is 447. The Morgan fingerprint density at radius 1 is 1.29 bits per heavy atom. The molecule has 118 valence electrons. The average molecular weight is 292 g/mol. The Labute approximate surface area is 128 Å². The van der Waals surface area contributed by atoms with Crippen LogP contribution in [0.25, 0.3) is 0 Å². The van der Waals surface area contributed by atoms with Crippen molar-refractivity contribution in [2.24, 2.45) is 0 Å². The molecule has 0 saturated carbocycles. The largest absolute Gasteiger partial charge is 0.393 e. The van der Waals surface area contributed by atoms with Gasteiger partial charge in [0, 0.05) is 20.1 Å². The number of aliphatic hydroxyl groups is 1. The average Bonchev–Trinajstić information content (AvgIpc) is 2.41. The number of nitrogens with one attached hydrogen (secondary N) is 1. The number of carbonyl (C=O) groups excluding carboxylic acids is 1. The fourth-order valence-electron chi connectivity index (χ4n) is 1.92. The van der Waals surface area contributed by atoms with Gasteiger partial charge in [0.25, 0.3) is 0 Å². The van der Waals surface area contributed by atoms with Crippen LogP contribution in [-0.4, -0.2) is 35.7 Å². The quantitative estimate of drug-likeness (QED) is 0.876. The number of hydrogen-bond donors (Lipinski definition) is 2. The molecule has 0 fully saturated rings. The van der Waals surface area contributed by atoms with Gasteiger partial charge in [0.05, 0.1) is 6.10 Å². The van der Waals surface area contributed by atoms with E-state index in [1.165, 1.54) is 5.56 Å². The van der Waals surface area contributed by atoms with Gasteiger partial charge in [-0.3, -0.25) is 0 Å². The van der Waals surface area contributed by atoms with E-state index in [0.29, 0.717) is 19.5 Å². The van der Waals surface area contributed by atoms with Crippen molar-refractivity contribution in [2.45, 2.75) is 52.2 Å². The topological polar surface area (TPSA) is 52.6 Å². The van der Waals surface area contributed by atoms with Gasteiger partial charge in [-0.2, -0.15) is 0 Å². The molecule has 1 rings (SSSR count). The van der Waals surface area contributed by atoms with E-state index in [1.54, 1.807) is 18.9 Å². The first kappa shape index (κ1) is 17.5. The van der Waals surface area contributed by atoms with Crippen LogP contribution in [0.15, 0.2) is 24.3 Å². The fourth-order valence-corrected chi connectivity index (χ4v) is 1.92. The second-order valence-electron chi connectivity index (χ2n) is 6.66. The minimum Gasteiger partial charge on any atom is -0.393 e. The molecule has 2 amide bonds. The molecular formula is C17H28N2O2. The Hall–Kier alpha value is -1.55. The van der Waals surface area contributed by atoms with Gasteiger partial charge in [-0.05, 0) is 29.9 Å². The fraction of sp³-hybridized carbons (Fsp3) is 0.588. The summed E-state index contributed by atoms with van der Waals surface area (Å²) >= 11 is 0. The number of aliphatic hydroxyl groups excluding tert-OH is 1. The lowest BCUT2D eigenvalue weighted by molar-refractivity contribution is 0.163. The van der Waals surface area contributed by atoms with Gasteiger partial charge >= 0.3 is 6.03 Å². The molecule has 0 heterocycles. The van der Waals surface area contributed by atoms with E-state index >= 15 is 0 Å². The van der Waals surface area contributed by atoms with Crippen molar-refractivity contribution in [3.8, 4) is 0 Å². The van der Waals surface area contributed by atoms with Crippen LogP contribution >= 0.6 is 0 Å². The zero-order valence-electron chi connectivity index (χ0n) is 13.8. The van der Waals surface area contributed by atoms with Crippen LogP contribution < -0.4 is 5.32 Å². The van der Waals surface area contributed by atoms with Crippen molar-refractivity contribution in [2.75, 3.05) is 13.6 Å². The highest BCUT2D eigenvalue weighted by molar-refractivity contribution is 5.73. The summed E-state index contributed by atoms with van der Waals surface area (Å²) in [6.45, 7) is 9.33. The molecule has 1 unspecified atom stereocenters. The Kier molecular flexibility index (Phi) is 6.21. The Morgan fingerprint density at radius 2 is 1.86 bits per heavy atom. The first-order valence-corrected chi connectivity index (χ1v) is 7.46. The van der Waals surface area contributed by atoms with E-state index in [0.717, 1.165) is 5.56 Å². The molecule has 0 spiro atoms. The summed E-state index contributed by atoms with van der Waals surface area (Å²) in [4.78, 5) is 13.5. The summed E-state index contributed by atoms with van der Waals surface area (Å²) in [5.41, 5.74) is 2.51. The predicted molar refractivity (Wildman–Crippen MR) is 86.3 cm³/mol. The summed E-state index contributed by atoms with van der Waals surface area (Å²) < 4.78 is 0. The molecule has 1 aromatic rings. The molecular weight excluding hydrogens is 264 g/mol. The summed E-state index contributed by atoms with van der Waals surface area (Å²) in [5, 5.41) is 12.1. The van der Waals surface area contributed by atoms with Crippen molar-refractivity contribution in [3.05, 3.63) is 35.4 Å². The molecule has 4 nitrogen and oxygen atoms in total. The lowest BCUT2D eigenvalue weighted by Crippen LogP contribution is -2.38. The molecule has 0 aromatic heterocycles. The van der Waals surface area contributed by atoms with Gasteiger partial charge in [0.2, 0.25) is 0 Å². The highest BCUT2D eigenvalue weighted by atomic mass is 16.3. The third-order valence-corrected chi connectivity index (χ3v) is 3.49. The molecule has 21 heavy (non-hydrogen) atoms. The summed E-state index contributed by atoms with van der Waals surface area (Å²) in [5.74, 6) is 0. The molecule has 0 aliphatic carbocycles. The third-order valence-electron chi connectivity index (χ3n) is 3.49. The molecule has 1 atom stereocenters. The second kappa shape index (κ2) is 7.46. The molecule has 2 N–H and O–H groups in total. The summed E-state index contributed by atoms with van der Waals surface area (Å²) in [6, 6.07) is 8.21. The van der Waals surface area contributed by atoms with Crippen molar-refractivity contribution in [1.82, 2.24) is 10.2 Å². The van der Waals surface area contributed by atoms with Gasteiger partial charge in [-0.1, -0.05) is 45.0 Å². The number of urea groups is 1. The van der Waals surface area contributed by atoms with Crippen molar-refractivity contribution in [3.63, 3.8) is 0 Å². The minimum absolute atomic E-state index is 0.115. The van der Waals surface area contributed by atoms with Gasteiger partial charge in [-0.25, -0.2) is 4.79 Å². The van der Waals surface area contributed by atoms with E-state index in [4.69, 9.17) is 0 Å². The van der Waals surface area contributed by atoms with Crippen LogP contribution in [0.3, 0.4) is 0 Å². The molecule has 4 heteroatoms. The van der Waals surface area contributed by atoms with Gasteiger partial charge < -0.3 is 15.3 Å². The highest BCUT2D eigenvalue weighted by Gasteiger charge is 2.13. The van der Waals surface area contributed by atoms with E-state index in [1.807, 2.05) is 0 Å². The van der Waals surface area contributed by atoms with Crippen molar-refractivity contribution < 1.29 is 9.90 Å². The predicted octanol–water partition coefficient (Wildman–Crippen LogP) is 2.90. The van der Waals surface area contributed by atoms with Crippen molar-refractivity contribution >= 4 is 6.03 Å². The SMILES string of the molecule is CC(O)CCN(C)C(=O)NCc1ccc(C(C)(C)C)cc1. The minimum atomic E-state index is -0.384. The molecule has 0 saturated heterocycles. The van der Waals surface area contributed by atoms with Crippen LogP contribution in [0, 0.1) is 0 Å². The van der Waals surface area contributed by atoms with Crippen LogP contribution in [0.4, 0.5) is 4.79 Å². The van der Waals surface area contributed by atoms with E-state index < -0.39 is 0 Å². The lowest BCUT2D eigenvalue weighted by Gasteiger charge is -2.20. The maximum absolute atomic E-state index is 11.9. The zero-order valence-corrected chi connectivity index (χ0v) is 13.8. The maximum Gasteiger partial charge on any atom is 0.317 e. The maximum atomic E-state index is 11.9. The van der Waals surface area contributed by atoms with Crippen molar-refractivity contribution in [1.29, 1.82) is 0 Å². The van der Waals surface area contributed by atoms with E-state index in [9.17, 15) is 9.90 Å². The number of benzene rings is 1. The molecule has 0 radical (unpaired) electrons. The van der Waals surface area contributed by atoms with Crippen LogP contribution in [-0.2, 0) is 12.0 Å². The lowest BCUT2D eigenvalue weighted by atomic mass is 9.87. The number of carbonyl (C=O) groups is 1. The normalized spacial score (nSPS) is 12.9. The number of amides is 2. The van der Waals surface area contributed by atoms with Crippen LogP contribution in [0.2, 0.25) is 0 Å². The second-order valence-corrected chi connectivity index (χ2v) is 6.66. The number of hydrogen-bond acceptors (Lipinski definition) is 2. The van der Waals surface area contributed by atoms with Gasteiger partial charge in [0.1, 0.15) is 0 Å².